The van der Waals surface area contributed by atoms with Gasteiger partial charge in [-0.3, -0.25) is 11.2 Å². The molecule has 0 spiro atoms. The fourth-order valence-corrected chi connectivity index (χ4v) is 1.12. The van der Waals surface area contributed by atoms with Crippen molar-refractivity contribution in [2.45, 2.75) is 32.3 Å². The van der Waals surface area contributed by atoms with Crippen molar-refractivity contribution in [1.82, 2.24) is 0 Å². The Balaban J connectivity index is 0. The Morgan fingerprint density at radius 1 is 1.30 bits per heavy atom. The van der Waals surface area contributed by atoms with Gasteiger partial charge in [0.05, 0.1) is 7.11 Å². The van der Waals surface area contributed by atoms with Gasteiger partial charge in [0.2, 0.25) is 0 Å². The Hall–Kier alpha value is -3.05. The van der Waals surface area contributed by atoms with Crippen LogP contribution in [0.4, 0.5) is 0 Å². The molecule has 1 atom stereocenters. The van der Waals surface area contributed by atoms with Crippen LogP contribution in [0.3, 0.4) is 0 Å². The van der Waals surface area contributed by atoms with Crippen LogP contribution in [-0.4, -0.2) is 44.0 Å². The number of hydrogen-bond donors (Lipinski definition) is 0. The van der Waals surface area contributed by atoms with Crippen molar-refractivity contribution in [1.29, 1.82) is 0 Å². The molecule has 1 unspecified atom stereocenters. The second-order valence-electron chi connectivity index (χ2n) is 3.47. The molecule has 0 aliphatic carbocycles. The summed E-state index contributed by atoms with van der Waals surface area (Å²) in [6.45, 7) is 1.15. The van der Waals surface area contributed by atoms with E-state index in [1.54, 1.807) is 6.92 Å². The number of carbonyl (C=O) groups is 4. The van der Waals surface area contributed by atoms with Crippen molar-refractivity contribution in [3.63, 3.8) is 0 Å². The molecule has 0 aliphatic rings. The average Bonchev–Trinajstić information content (AvgIpc) is 2.40. The van der Waals surface area contributed by atoms with Gasteiger partial charge in [0, 0.05) is 12.8 Å². The fraction of sp³-hybridized carbons (Fsp3) is 0.583. The molecule has 8 heteroatoms. The summed E-state index contributed by atoms with van der Waals surface area (Å²) in [5.74, 6) is -2.28. The first-order valence-electron chi connectivity index (χ1n) is 5.76. The van der Waals surface area contributed by atoms with Crippen molar-refractivity contribution < 1.29 is 33.4 Å². The van der Waals surface area contributed by atoms with E-state index >= 15 is 0 Å². The molecule has 0 fully saturated rings. The SMILES string of the molecule is CC[CH-]C(=O)OCC(=O)OC(CCC=O)C(=O)OC.[Rf]. The number of carbonyl (C=O) groups excluding carboxylic acids is 4. The monoisotopic (exact) mass is 540 g/mol. The third-order valence-corrected chi connectivity index (χ3v) is 1.99. The smallest absolute Gasteiger partial charge is 0.347 e. The van der Waals surface area contributed by atoms with E-state index in [0.29, 0.717) is 12.7 Å². The molecule has 7 nitrogen and oxygen atoms in total. The van der Waals surface area contributed by atoms with Crippen LogP contribution < -0.4 is 0 Å². The Labute approximate surface area is 111 Å². The Morgan fingerprint density at radius 2 is 1.95 bits per heavy atom. The zero-order valence-corrected chi connectivity index (χ0v) is 18.0. The second kappa shape index (κ2) is 11.1. The minimum Gasteiger partial charge on any atom is -0.476 e. The van der Waals surface area contributed by atoms with Crippen LogP contribution in [0.1, 0.15) is 26.2 Å². The van der Waals surface area contributed by atoms with Crippen LogP contribution in [-0.2, 0) is 33.4 Å². The molecule has 0 aromatic rings. The largest absolute Gasteiger partial charge is 0.476 e. The predicted octanol–water partition coefficient (Wildman–Crippen LogP) is 0.208. The Bertz CT molecular complexity index is 330. The number of ether oxygens (including phenoxy) is 3. The molecule has 0 radical (unpaired) electrons. The minimum atomic E-state index is -1.17. The number of hydrogen-bond acceptors (Lipinski definition) is 7. The first-order valence-corrected chi connectivity index (χ1v) is 5.76. The zero-order chi connectivity index (χ0) is 14.7. The standard InChI is InChI=1S/C12H17O7.Rf/c1-3-5-10(14)18-8-11(15)19-9(6-4-7-13)12(16)17-2;/h5,7,9H,3-4,6,8H2,1-2H3;/q-1;. The normalized spacial score (nSPS) is 10.5. The predicted molar refractivity (Wildman–Crippen MR) is 62.7 cm³/mol. The van der Waals surface area contributed by atoms with Gasteiger partial charge in [-0.05, 0) is 0 Å². The van der Waals surface area contributed by atoms with Crippen LogP contribution in [0, 0.1) is 6.42 Å². The molecule has 0 aliphatic heterocycles. The zero-order valence-electron chi connectivity index (χ0n) is 11.6. The van der Waals surface area contributed by atoms with Gasteiger partial charge >= 0.3 is 11.9 Å². The van der Waals surface area contributed by atoms with Crippen molar-refractivity contribution in [3.8, 4) is 0 Å². The maximum Gasteiger partial charge on any atom is 0.347 e. The van der Waals surface area contributed by atoms with Gasteiger partial charge in [-0.1, -0.05) is 6.92 Å². The van der Waals surface area contributed by atoms with Crippen LogP contribution in [0.15, 0.2) is 0 Å². The van der Waals surface area contributed by atoms with Crippen LogP contribution in [0.2, 0.25) is 0 Å². The molecule has 20 heavy (non-hydrogen) atoms. The summed E-state index contributed by atoms with van der Waals surface area (Å²) in [7, 11) is 1.14. The maximum absolute atomic E-state index is 11.3. The van der Waals surface area contributed by atoms with E-state index in [2.05, 4.69) is 9.47 Å². The third kappa shape index (κ3) is 8.10. The van der Waals surface area contributed by atoms with Gasteiger partial charge in [0.25, 0.3) is 0 Å². The minimum absolute atomic E-state index is 0. The van der Waals surface area contributed by atoms with E-state index in [0.717, 1.165) is 7.11 Å². The summed E-state index contributed by atoms with van der Waals surface area (Å²) in [6, 6.07) is 0. The van der Waals surface area contributed by atoms with Crippen LogP contribution in [0.25, 0.3) is 0 Å². The summed E-state index contributed by atoms with van der Waals surface area (Å²) in [5, 5.41) is 0. The summed E-state index contributed by atoms with van der Waals surface area (Å²) in [6.07, 6.45) is 1.25. The molecule has 0 bridgehead atoms. The molecule has 0 saturated carbocycles. The fourth-order valence-electron chi connectivity index (χ4n) is 1.12. The van der Waals surface area contributed by atoms with Crippen molar-refractivity contribution in [2.75, 3.05) is 13.7 Å². The van der Waals surface area contributed by atoms with Gasteiger partial charge < -0.3 is 19.0 Å². The molecule has 0 aromatic heterocycles. The van der Waals surface area contributed by atoms with Crippen molar-refractivity contribution in [2.24, 2.45) is 0 Å². The van der Waals surface area contributed by atoms with Crippen molar-refractivity contribution in [3.05, 3.63) is 6.42 Å². The van der Waals surface area contributed by atoms with Gasteiger partial charge in [0.15, 0.2) is 18.7 Å². The van der Waals surface area contributed by atoms with E-state index in [4.69, 9.17) is 4.74 Å². The van der Waals surface area contributed by atoms with E-state index in [-0.39, 0.29) is 12.8 Å². The molecule has 0 amide bonds. The molecule has 0 heterocycles. The van der Waals surface area contributed by atoms with Crippen LogP contribution in [0.5, 0.6) is 0 Å². The summed E-state index contributed by atoms with van der Waals surface area (Å²) in [5.41, 5.74) is 0. The number of aldehydes is 1. The van der Waals surface area contributed by atoms with E-state index < -0.39 is 30.6 Å². The molecule has 0 rings (SSSR count). The van der Waals surface area contributed by atoms with E-state index in [9.17, 15) is 19.2 Å². The first-order chi connectivity index (χ1) is 9.04. The molecular weight excluding hydrogens is 523 g/mol. The number of esters is 3. The first kappa shape index (κ1) is 19.3. The van der Waals surface area contributed by atoms with E-state index in [1.807, 2.05) is 0 Å². The Morgan fingerprint density at radius 3 is 2.45 bits per heavy atom. The number of methoxy groups -OCH3 is 1. The average molecular weight is 540 g/mol. The Kier molecular flexibility index (Phi) is 10.7. The van der Waals surface area contributed by atoms with Crippen LogP contribution >= 0.6 is 0 Å². The van der Waals surface area contributed by atoms with Gasteiger partial charge in [-0.15, -0.1) is 0 Å². The van der Waals surface area contributed by atoms with Crippen molar-refractivity contribution >= 4 is 24.2 Å². The molecule has 0 N–H and O–H groups in total. The summed E-state index contributed by atoms with van der Waals surface area (Å²) >= 11 is 0. The molecular formula is C12H17O7Rf-. The molecule has 0 aromatic carbocycles. The van der Waals surface area contributed by atoms with Gasteiger partial charge in [0.1, 0.15) is 6.29 Å². The van der Waals surface area contributed by atoms with E-state index in [1.165, 1.54) is 6.42 Å². The second-order valence-corrected chi connectivity index (χ2v) is 3.47. The summed E-state index contributed by atoms with van der Waals surface area (Å²) in [4.78, 5) is 43.8. The maximum atomic E-state index is 11.3. The van der Waals surface area contributed by atoms with Gasteiger partial charge in [-0.25, -0.2) is 9.59 Å². The quantitative estimate of drug-likeness (QED) is 0.179. The van der Waals surface area contributed by atoms with Gasteiger partial charge in [-0.2, -0.15) is 6.42 Å². The summed E-state index contributed by atoms with van der Waals surface area (Å²) < 4.78 is 13.8. The topological polar surface area (TPSA) is 96.0 Å². The molecule has 110 valence electrons. The third-order valence-electron chi connectivity index (χ3n) is 1.99. The molecule has 0 saturated heterocycles. The number of rotatable bonds is 9.